The van der Waals surface area contributed by atoms with Crippen LogP contribution >= 0.6 is 11.8 Å². The van der Waals surface area contributed by atoms with Crippen LogP contribution in [0.3, 0.4) is 0 Å². The third-order valence-electron chi connectivity index (χ3n) is 4.59. The summed E-state index contributed by atoms with van der Waals surface area (Å²) in [6.07, 6.45) is 0. The number of carbonyl (C=O) groups is 1. The number of aromatic nitrogens is 1. The van der Waals surface area contributed by atoms with Gasteiger partial charge in [0.15, 0.2) is 5.78 Å². The Balaban J connectivity index is 2.04. The van der Waals surface area contributed by atoms with Gasteiger partial charge in [-0.3, -0.25) is 9.69 Å². The van der Waals surface area contributed by atoms with E-state index in [1.807, 2.05) is 38.4 Å². The van der Waals surface area contributed by atoms with Gasteiger partial charge in [-0.1, -0.05) is 24.3 Å². The molecule has 3 aromatic rings. The van der Waals surface area contributed by atoms with E-state index in [2.05, 4.69) is 11.8 Å². The fourth-order valence-electron chi connectivity index (χ4n) is 3.05. The summed E-state index contributed by atoms with van der Waals surface area (Å²) >= 11 is 1.62. The molecular formula is C20H18N2O2S. The molecule has 5 heteroatoms. The summed E-state index contributed by atoms with van der Waals surface area (Å²) in [5.41, 5.74) is 3.76. The predicted octanol–water partition coefficient (Wildman–Crippen LogP) is 4.15. The Bertz CT molecular complexity index is 1010. The van der Waals surface area contributed by atoms with Crippen molar-refractivity contribution < 1.29 is 9.90 Å². The average Bonchev–Trinajstić information content (AvgIpc) is 2.88. The highest BCUT2D eigenvalue weighted by Gasteiger charge is 2.32. The minimum absolute atomic E-state index is 0.0109. The number of carbonyl (C=O) groups excluding carboxylic acids is 1. The predicted molar refractivity (Wildman–Crippen MR) is 101 cm³/mol. The quantitative estimate of drug-likeness (QED) is 0.444. The highest BCUT2D eigenvalue weighted by Crippen LogP contribution is 2.45. The van der Waals surface area contributed by atoms with Crippen molar-refractivity contribution in [1.82, 2.24) is 9.88 Å². The highest BCUT2D eigenvalue weighted by atomic mass is 32.2. The molecule has 1 atom stereocenters. The maximum atomic E-state index is 13.1. The first kappa shape index (κ1) is 16.1. The molecule has 0 spiro atoms. The van der Waals surface area contributed by atoms with E-state index in [1.54, 1.807) is 30.0 Å². The van der Waals surface area contributed by atoms with Crippen LogP contribution in [0.5, 0.6) is 5.75 Å². The van der Waals surface area contributed by atoms with E-state index in [1.165, 1.54) is 0 Å². The second kappa shape index (κ2) is 5.86. The molecule has 0 amide bonds. The molecule has 0 aliphatic heterocycles. The Morgan fingerprint density at radius 2 is 1.84 bits per heavy atom. The van der Waals surface area contributed by atoms with Crippen LogP contribution in [0.2, 0.25) is 0 Å². The summed E-state index contributed by atoms with van der Waals surface area (Å²) in [7, 11) is 4.02. The average molecular weight is 350 g/mol. The molecular weight excluding hydrogens is 332 g/mol. The summed E-state index contributed by atoms with van der Waals surface area (Å²) in [5, 5.41) is 10.9. The lowest BCUT2D eigenvalue weighted by atomic mass is 10.1. The van der Waals surface area contributed by atoms with Crippen molar-refractivity contribution in [2.24, 2.45) is 0 Å². The third kappa shape index (κ3) is 2.51. The first-order chi connectivity index (χ1) is 12.0. The molecule has 1 heterocycles. The third-order valence-corrected chi connectivity index (χ3v) is 6.01. The number of phenols is 1. The normalized spacial score (nSPS) is 14.0. The Labute approximate surface area is 150 Å². The van der Waals surface area contributed by atoms with Gasteiger partial charge in [-0.15, -0.1) is 11.8 Å². The van der Waals surface area contributed by atoms with Gasteiger partial charge >= 0.3 is 0 Å². The molecule has 126 valence electrons. The molecule has 1 unspecified atom stereocenters. The van der Waals surface area contributed by atoms with Crippen molar-refractivity contribution in [1.29, 1.82) is 0 Å². The van der Waals surface area contributed by atoms with E-state index in [4.69, 9.17) is 4.98 Å². The number of phenolic OH excluding ortho intramolecular Hbond substituents is 1. The molecule has 1 aliphatic rings. The second-order valence-electron chi connectivity index (χ2n) is 6.42. The molecule has 4 nitrogen and oxygen atoms in total. The van der Waals surface area contributed by atoms with Gasteiger partial charge in [0.05, 0.1) is 22.1 Å². The van der Waals surface area contributed by atoms with Gasteiger partial charge in [0.1, 0.15) is 5.75 Å². The van der Waals surface area contributed by atoms with E-state index in [-0.39, 0.29) is 16.9 Å². The lowest BCUT2D eigenvalue weighted by Gasteiger charge is -2.21. The van der Waals surface area contributed by atoms with E-state index < -0.39 is 0 Å². The molecule has 25 heavy (non-hydrogen) atoms. The standard InChI is InChI=1S/C20H18N2O2S/c1-11(22(2)3)25-20-15-10-12(23)8-9-16(15)21-18-13-6-4-5-7-14(13)19(24)17(18)20/h4-11,23H,1-3H3. The number of rotatable bonds is 3. The maximum absolute atomic E-state index is 13.1. The van der Waals surface area contributed by atoms with Crippen LogP contribution < -0.4 is 0 Å². The van der Waals surface area contributed by atoms with Gasteiger partial charge in [0.25, 0.3) is 0 Å². The molecule has 0 bridgehead atoms. The lowest BCUT2D eigenvalue weighted by molar-refractivity contribution is 0.104. The largest absolute Gasteiger partial charge is 0.508 e. The second-order valence-corrected chi connectivity index (χ2v) is 7.75. The van der Waals surface area contributed by atoms with Crippen LogP contribution in [-0.2, 0) is 0 Å². The Morgan fingerprint density at radius 3 is 2.56 bits per heavy atom. The molecule has 0 saturated carbocycles. The van der Waals surface area contributed by atoms with E-state index in [0.29, 0.717) is 11.1 Å². The molecule has 0 saturated heterocycles. The number of nitrogens with zero attached hydrogens (tertiary/aromatic N) is 2. The highest BCUT2D eigenvalue weighted by molar-refractivity contribution is 8.00. The van der Waals surface area contributed by atoms with Crippen LogP contribution in [0.4, 0.5) is 0 Å². The van der Waals surface area contributed by atoms with Gasteiger partial charge in [-0.2, -0.15) is 0 Å². The van der Waals surface area contributed by atoms with Crippen LogP contribution in [0.25, 0.3) is 22.2 Å². The van der Waals surface area contributed by atoms with Crippen LogP contribution in [0, 0.1) is 0 Å². The van der Waals surface area contributed by atoms with Crippen molar-refractivity contribution in [3.63, 3.8) is 0 Å². The van der Waals surface area contributed by atoms with Crippen molar-refractivity contribution in [2.75, 3.05) is 14.1 Å². The number of fused-ring (bicyclic) bond motifs is 4. The van der Waals surface area contributed by atoms with Crippen LogP contribution in [-0.4, -0.2) is 40.2 Å². The van der Waals surface area contributed by atoms with Gasteiger partial charge in [-0.25, -0.2) is 4.98 Å². The Hall–Kier alpha value is -2.37. The van der Waals surface area contributed by atoms with Crippen molar-refractivity contribution in [3.8, 4) is 17.0 Å². The smallest absolute Gasteiger partial charge is 0.197 e. The molecule has 2 aromatic carbocycles. The molecule has 1 N–H and O–H groups in total. The van der Waals surface area contributed by atoms with Crippen LogP contribution in [0.15, 0.2) is 47.4 Å². The molecule has 4 rings (SSSR count). The van der Waals surface area contributed by atoms with Gasteiger partial charge in [0, 0.05) is 21.4 Å². The molecule has 0 fully saturated rings. The molecule has 1 aromatic heterocycles. The van der Waals surface area contributed by atoms with Crippen molar-refractivity contribution in [2.45, 2.75) is 17.2 Å². The topological polar surface area (TPSA) is 53.4 Å². The maximum Gasteiger partial charge on any atom is 0.197 e. The number of hydrogen-bond acceptors (Lipinski definition) is 5. The zero-order chi connectivity index (χ0) is 17.7. The minimum Gasteiger partial charge on any atom is -0.508 e. The lowest BCUT2D eigenvalue weighted by Crippen LogP contribution is -2.21. The fourth-order valence-corrected chi connectivity index (χ4v) is 4.20. The van der Waals surface area contributed by atoms with E-state index in [0.717, 1.165) is 27.1 Å². The summed E-state index contributed by atoms with van der Waals surface area (Å²) in [6, 6.07) is 12.7. The zero-order valence-electron chi connectivity index (χ0n) is 14.3. The number of benzene rings is 2. The first-order valence-electron chi connectivity index (χ1n) is 8.11. The van der Waals surface area contributed by atoms with Gasteiger partial charge in [0.2, 0.25) is 0 Å². The molecule has 1 aliphatic carbocycles. The Kier molecular flexibility index (Phi) is 3.78. The summed E-state index contributed by atoms with van der Waals surface area (Å²) in [5.74, 6) is 0.188. The summed E-state index contributed by atoms with van der Waals surface area (Å²) in [4.78, 5) is 20.8. The number of pyridine rings is 1. The first-order valence-corrected chi connectivity index (χ1v) is 8.99. The van der Waals surface area contributed by atoms with Crippen LogP contribution in [0.1, 0.15) is 22.8 Å². The zero-order valence-corrected chi connectivity index (χ0v) is 15.1. The number of ketones is 1. The summed E-state index contributed by atoms with van der Waals surface area (Å²) in [6.45, 7) is 2.10. The number of thioether (sulfide) groups is 1. The van der Waals surface area contributed by atoms with Gasteiger partial charge < -0.3 is 5.11 Å². The number of hydrogen-bond donors (Lipinski definition) is 1. The fraction of sp³-hybridized carbons (Fsp3) is 0.200. The molecule has 0 radical (unpaired) electrons. The minimum atomic E-state index is 0.0109. The monoisotopic (exact) mass is 350 g/mol. The van der Waals surface area contributed by atoms with E-state index in [9.17, 15) is 9.90 Å². The van der Waals surface area contributed by atoms with Crippen molar-refractivity contribution in [3.05, 3.63) is 53.6 Å². The number of aromatic hydroxyl groups is 1. The Morgan fingerprint density at radius 1 is 1.12 bits per heavy atom. The van der Waals surface area contributed by atoms with Crippen molar-refractivity contribution >= 4 is 28.4 Å². The SMILES string of the molecule is CC(Sc1c2c(nc3ccc(O)cc13)-c1ccccc1C2=O)N(C)C. The summed E-state index contributed by atoms with van der Waals surface area (Å²) < 4.78 is 0. The van der Waals surface area contributed by atoms with Gasteiger partial charge in [-0.05, 0) is 39.2 Å². The van der Waals surface area contributed by atoms with E-state index >= 15 is 0 Å².